The molecule has 2 N–H and O–H groups in total. The zero-order chi connectivity index (χ0) is 15.5. The molecule has 1 aromatic rings. The molecule has 116 valence electrons. The van der Waals surface area contributed by atoms with E-state index in [0.29, 0.717) is 5.92 Å². The van der Waals surface area contributed by atoms with Crippen molar-refractivity contribution in [2.24, 2.45) is 11.3 Å². The van der Waals surface area contributed by atoms with Gasteiger partial charge in [0.25, 0.3) is 0 Å². The van der Waals surface area contributed by atoms with Crippen molar-refractivity contribution in [3.05, 3.63) is 22.4 Å². The van der Waals surface area contributed by atoms with Gasteiger partial charge in [0.15, 0.2) is 0 Å². The fourth-order valence-corrected chi connectivity index (χ4v) is 3.75. The van der Waals surface area contributed by atoms with Crippen molar-refractivity contribution >= 4 is 23.2 Å². The van der Waals surface area contributed by atoms with Gasteiger partial charge in [-0.05, 0) is 44.1 Å². The summed E-state index contributed by atoms with van der Waals surface area (Å²) in [5.74, 6) is -0.639. The third-order valence-electron chi connectivity index (χ3n) is 4.22. The van der Waals surface area contributed by atoms with E-state index < -0.39 is 11.4 Å². The first-order valence-electron chi connectivity index (χ1n) is 7.46. The molecule has 1 amide bonds. The highest BCUT2D eigenvalue weighted by Gasteiger charge is 2.33. The maximum atomic E-state index is 12.3. The fraction of sp³-hybridized carbons (Fsp3) is 0.625. The monoisotopic (exact) mass is 309 g/mol. The number of carboxylic acids is 1. The van der Waals surface area contributed by atoms with Crippen LogP contribution in [0.15, 0.2) is 17.5 Å². The molecule has 0 aliphatic heterocycles. The van der Waals surface area contributed by atoms with Crippen LogP contribution in [0.5, 0.6) is 0 Å². The summed E-state index contributed by atoms with van der Waals surface area (Å²) in [6, 6.07) is 4.08. The van der Waals surface area contributed by atoms with E-state index in [1.54, 1.807) is 25.2 Å². The molecule has 1 saturated carbocycles. The van der Waals surface area contributed by atoms with Crippen LogP contribution in [0.25, 0.3) is 0 Å². The number of aliphatic carboxylic acids is 1. The Morgan fingerprint density at radius 3 is 2.62 bits per heavy atom. The van der Waals surface area contributed by atoms with Gasteiger partial charge in [-0.2, -0.15) is 0 Å². The molecule has 0 saturated heterocycles. The summed E-state index contributed by atoms with van der Waals surface area (Å²) in [5, 5.41) is 14.2. The van der Waals surface area contributed by atoms with Gasteiger partial charge in [0.05, 0.1) is 11.5 Å². The first-order valence-corrected chi connectivity index (χ1v) is 8.34. The number of hydrogen-bond donors (Lipinski definition) is 2. The number of carboxylic acid groups (broad SMARTS) is 1. The second-order valence-electron chi connectivity index (χ2n) is 6.47. The third kappa shape index (κ3) is 4.06. The minimum absolute atomic E-state index is 0.0108. The Kier molecular flexibility index (Phi) is 5.04. The fourth-order valence-electron chi connectivity index (χ4n) is 2.88. The molecule has 1 unspecified atom stereocenters. The van der Waals surface area contributed by atoms with Crippen molar-refractivity contribution in [2.45, 2.75) is 52.0 Å². The third-order valence-corrected chi connectivity index (χ3v) is 5.17. The van der Waals surface area contributed by atoms with Gasteiger partial charge in [-0.1, -0.05) is 18.9 Å². The highest BCUT2D eigenvalue weighted by atomic mass is 32.1. The molecule has 1 atom stereocenters. The summed E-state index contributed by atoms with van der Waals surface area (Å²) >= 11 is 1.65. The molecule has 4 nitrogen and oxygen atoms in total. The van der Waals surface area contributed by atoms with Gasteiger partial charge in [0, 0.05) is 11.3 Å². The van der Waals surface area contributed by atoms with Gasteiger partial charge in [-0.25, -0.2) is 0 Å². The average Bonchev–Trinajstić information content (AvgIpc) is 3.09. The lowest BCUT2D eigenvalue weighted by Crippen LogP contribution is -2.37. The van der Waals surface area contributed by atoms with Gasteiger partial charge >= 0.3 is 5.97 Å². The largest absolute Gasteiger partial charge is 0.481 e. The molecular formula is C16H23NO3S. The van der Waals surface area contributed by atoms with Crippen molar-refractivity contribution in [3.63, 3.8) is 0 Å². The van der Waals surface area contributed by atoms with Crippen molar-refractivity contribution < 1.29 is 14.7 Å². The number of carbonyl (C=O) groups excluding carboxylic acids is 1. The van der Waals surface area contributed by atoms with E-state index in [1.165, 1.54) is 17.7 Å². The van der Waals surface area contributed by atoms with E-state index in [-0.39, 0.29) is 18.4 Å². The number of nitrogens with one attached hydrogen (secondary N) is 1. The maximum Gasteiger partial charge on any atom is 0.309 e. The SMILES string of the molecule is CC(C)(CC(=O)NC(c1cccs1)C1CCCC1)C(=O)O. The van der Waals surface area contributed by atoms with Crippen LogP contribution in [-0.2, 0) is 9.59 Å². The summed E-state index contributed by atoms with van der Waals surface area (Å²) < 4.78 is 0. The first kappa shape index (κ1) is 16.0. The summed E-state index contributed by atoms with van der Waals surface area (Å²) in [4.78, 5) is 24.6. The zero-order valence-electron chi connectivity index (χ0n) is 12.6. The standard InChI is InChI=1S/C16H23NO3S/c1-16(2,15(19)20)10-13(18)17-14(11-6-3-4-7-11)12-8-5-9-21-12/h5,8-9,11,14H,3-4,6-7,10H2,1-2H3,(H,17,18)(H,19,20). The molecule has 1 aliphatic carbocycles. The second kappa shape index (κ2) is 6.60. The quantitative estimate of drug-likeness (QED) is 0.844. The number of rotatable bonds is 6. The van der Waals surface area contributed by atoms with Crippen LogP contribution in [-0.4, -0.2) is 17.0 Å². The van der Waals surface area contributed by atoms with Crippen molar-refractivity contribution in [3.8, 4) is 0 Å². The van der Waals surface area contributed by atoms with E-state index in [2.05, 4.69) is 11.4 Å². The highest BCUT2D eigenvalue weighted by molar-refractivity contribution is 7.10. The normalized spacial score (nSPS) is 17.6. The van der Waals surface area contributed by atoms with E-state index in [4.69, 9.17) is 5.11 Å². The molecular weight excluding hydrogens is 286 g/mol. The van der Waals surface area contributed by atoms with Crippen LogP contribution in [0.2, 0.25) is 0 Å². The molecule has 21 heavy (non-hydrogen) atoms. The molecule has 5 heteroatoms. The Bertz CT molecular complexity index is 490. The number of amides is 1. The van der Waals surface area contributed by atoms with Gasteiger partial charge in [0.2, 0.25) is 5.91 Å². The minimum Gasteiger partial charge on any atom is -0.481 e. The minimum atomic E-state index is -1.03. The molecule has 0 aromatic carbocycles. The van der Waals surface area contributed by atoms with E-state index >= 15 is 0 Å². The smallest absolute Gasteiger partial charge is 0.309 e. The molecule has 1 fully saturated rings. The molecule has 2 rings (SSSR count). The summed E-state index contributed by atoms with van der Waals surface area (Å²) in [6.45, 7) is 3.18. The van der Waals surface area contributed by atoms with Crippen LogP contribution < -0.4 is 5.32 Å². The number of carbonyl (C=O) groups is 2. The van der Waals surface area contributed by atoms with Crippen LogP contribution in [0.3, 0.4) is 0 Å². The van der Waals surface area contributed by atoms with E-state index in [1.807, 2.05) is 11.4 Å². The first-order chi connectivity index (χ1) is 9.90. The van der Waals surface area contributed by atoms with Crippen molar-refractivity contribution in [1.82, 2.24) is 5.32 Å². The number of thiophene rings is 1. The van der Waals surface area contributed by atoms with Gasteiger partial charge in [0.1, 0.15) is 0 Å². The zero-order valence-corrected chi connectivity index (χ0v) is 13.4. The van der Waals surface area contributed by atoms with Crippen molar-refractivity contribution in [2.75, 3.05) is 0 Å². The molecule has 1 aromatic heterocycles. The Hall–Kier alpha value is -1.36. The van der Waals surface area contributed by atoms with Gasteiger partial charge in [-0.15, -0.1) is 11.3 Å². The molecule has 0 radical (unpaired) electrons. The Morgan fingerprint density at radius 2 is 2.10 bits per heavy atom. The van der Waals surface area contributed by atoms with Crippen molar-refractivity contribution in [1.29, 1.82) is 0 Å². The predicted octanol–water partition coefficient (Wildman–Crippen LogP) is 3.60. The summed E-state index contributed by atoms with van der Waals surface area (Å²) in [6.07, 6.45) is 4.69. The van der Waals surface area contributed by atoms with Crippen LogP contribution in [0, 0.1) is 11.3 Å². The van der Waals surface area contributed by atoms with E-state index in [9.17, 15) is 9.59 Å². The topological polar surface area (TPSA) is 66.4 Å². The Labute approximate surface area is 129 Å². The highest BCUT2D eigenvalue weighted by Crippen LogP contribution is 2.37. The number of hydrogen-bond acceptors (Lipinski definition) is 3. The van der Waals surface area contributed by atoms with Crippen LogP contribution in [0.1, 0.15) is 56.9 Å². The lowest BCUT2D eigenvalue weighted by atomic mass is 9.88. The maximum absolute atomic E-state index is 12.3. The molecule has 0 bridgehead atoms. The molecule has 0 spiro atoms. The second-order valence-corrected chi connectivity index (χ2v) is 7.45. The predicted molar refractivity (Wildman–Crippen MR) is 83.2 cm³/mol. The molecule has 1 heterocycles. The van der Waals surface area contributed by atoms with Gasteiger partial charge < -0.3 is 10.4 Å². The van der Waals surface area contributed by atoms with Crippen LogP contribution in [0.4, 0.5) is 0 Å². The van der Waals surface area contributed by atoms with E-state index in [0.717, 1.165) is 12.8 Å². The Balaban J connectivity index is 2.05. The average molecular weight is 309 g/mol. The van der Waals surface area contributed by atoms with Gasteiger partial charge in [-0.3, -0.25) is 9.59 Å². The van der Waals surface area contributed by atoms with Crippen LogP contribution >= 0.6 is 11.3 Å². The summed E-state index contributed by atoms with van der Waals surface area (Å²) in [7, 11) is 0. The lowest BCUT2D eigenvalue weighted by molar-refractivity contribution is -0.149. The Morgan fingerprint density at radius 1 is 1.43 bits per heavy atom. The lowest BCUT2D eigenvalue weighted by Gasteiger charge is -2.26. The summed E-state index contributed by atoms with van der Waals surface area (Å²) in [5.41, 5.74) is -1.03. The molecule has 1 aliphatic rings.